The van der Waals surface area contributed by atoms with E-state index < -0.39 is 26.6 Å². The van der Waals surface area contributed by atoms with E-state index >= 15 is 0 Å². The highest BCUT2D eigenvalue weighted by molar-refractivity contribution is 7.91. The summed E-state index contributed by atoms with van der Waals surface area (Å²) in [4.78, 5) is 11.0. The highest BCUT2D eigenvalue weighted by Crippen LogP contribution is 2.05. The average molecular weight is 284 g/mol. The summed E-state index contributed by atoms with van der Waals surface area (Å²) in [6.07, 6.45) is 0.470. The smallest absolute Gasteiger partial charge is 0.306 e. The highest BCUT2D eigenvalue weighted by atomic mass is 32.2. The molecule has 102 valence electrons. The third-order valence-corrected chi connectivity index (χ3v) is 5.92. The van der Waals surface area contributed by atoms with Crippen LogP contribution in [0.4, 0.5) is 0 Å². The Morgan fingerprint density at radius 2 is 2.00 bits per heavy atom. The van der Waals surface area contributed by atoms with Gasteiger partial charge in [-0.3, -0.25) is 9.00 Å². The van der Waals surface area contributed by atoms with Crippen LogP contribution in [0.15, 0.2) is 0 Å². The van der Waals surface area contributed by atoms with E-state index in [4.69, 9.17) is 0 Å². The van der Waals surface area contributed by atoms with Crippen molar-refractivity contribution in [1.29, 1.82) is 0 Å². The van der Waals surface area contributed by atoms with E-state index in [1.54, 1.807) is 13.8 Å². The number of hydrogen-bond acceptors (Lipinski definition) is 5. The third kappa shape index (κ3) is 7.49. The van der Waals surface area contributed by atoms with Crippen LogP contribution in [0.1, 0.15) is 26.7 Å². The molecule has 0 aliphatic carbocycles. The molecule has 2 unspecified atom stereocenters. The number of sulfone groups is 1. The minimum absolute atomic E-state index is 0.0557. The summed E-state index contributed by atoms with van der Waals surface area (Å²) in [5, 5.41) is -0.299. The summed E-state index contributed by atoms with van der Waals surface area (Å²) in [7, 11) is -2.90. The number of rotatable bonds is 8. The summed E-state index contributed by atoms with van der Waals surface area (Å²) >= 11 is 0. The molecular weight excluding hydrogens is 264 g/mol. The van der Waals surface area contributed by atoms with Gasteiger partial charge in [0, 0.05) is 27.6 Å². The van der Waals surface area contributed by atoms with Gasteiger partial charge >= 0.3 is 5.97 Å². The van der Waals surface area contributed by atoms with E-state index in [0.29, 0.717) is 12.2 Å². The molecule has 0 radical (unpaired) electrons. The zero-order chi connectivity index (χ0) is 13.5. The summed E-state index contributed by atoms with van der Waals surface area (Å²) < 4.78 is 38.6. The minimum atomic E-state index is -2.99. The Bertz CT molecular complexity index is 361. The summed E-state index contributed by atoms with van der Waals surface area (Å²) in [5.41, 5.74) is 0. The molecule has 0 bridgehead atoms. The molecule has 0 spiro atoms. The van der Waals surface area contributed by atoms with Crippen molar-refractivity contribution in [1.82, 2.24) is 0 Å². The van der Waals surface area contributed by atoms with Crippen LogP contribution in [0.3, 0.4) is 0 Å². The Hall–Kier alpha value is -0.430. The fourth-order valence-corrected chi connectivity index (χ4v) is 3.39. The topological polar surface area (TPSA) is 77.5 Å². The quantitative estimate of drug-likeness (QED) is 0.607. The van der Waals surface area contributed by atoms with Crippen LogP contribution < -0.4 is 0 Å². The number of carbonyl (C=O) groups is 1. The van der Waals surface area contributed by atoms with E-state index in [0.717, 1.165) is 0 Å². The maximum Gasteiger partial charge on any atom is 0.306 e. The summed E-state index contributed by atoms with van der Waals surface area (Å²) in [6.45, 7) is 3.29. The van der Waals surface area contributed by atoms with E-state index in [1.807, 2.05) is 0 Å². The highest BCUT2D eigenvalue weighted by Gasteiger charge is 2.16. The van der Waals surface area contributed by atoms with E-state index in [2.05, 4.69) is 4.74 Å². The Morgan fingerprint density at radius 3 is 2.47 bits per heavy atom. The molecule has 17 heavy (non-hydrogen) atoms. The second-order valence-electron chi connectivity index (χ2n) is 3.77. The number of ether oxygens (including phenoxy) is 1. The first-order valence-corrected chi connectivity index (χ1v) is 8.67. The molecule has 0 aliphatic rings. The molecule has 0 saturated carbocycles. The van der Waals surface area contributed by atoms with Crippen molar-refractivity contribution in [3.63, 3.8) is 0 Å². The standard InChI is InChI=1S/C10H20O5S2/c1-4-17(13,14)7-5-6-16(12)9(2)8-10(11)15-3/h9H,4-8H2,1-3H3. The molecule has 0 N–H and O–H groups in total. The van der Waals surface area contributed by atoms with Crippen molar-refractivity contribution in [2.75, 3.05) is 24.4 Å². The van der Waals surface area contributed by atoms with Crippen LogP contribution >= 0.6 is 0 Å². The Balaban J connectivity index is 3.98. The van der Waals surface area contributed by atoms with Gasteiger partial charge in [-0.15, -0.1) is 0 Å². The average Bonchev–Trinajstić information content (AvgIpc) is 2.28. The number of hydrogen-bond donors (Lipinski definition) is 0. The Kier molecular flexibility index (Phi) is 7.61. The fourth-order valence-electron chi connectivity index (χ4n) is 1.18. The molecule has 5 nitrogen and oxygen atoms in total. The van der Waals surface area contributed by atoms with Crippen LogP contribution in [-0.2, 0) is 30.2 Å². The molecule has 0 aromatic heterocycles. The van der Waals surface area contributed by atoms with E-state index in [9.17, 15) is 17.4 Å². The summed E-state index contributed by atoms with van der Waals surface area (Å²) in [6, 6.07) is 0. The van der Waals surface area contributed by atoms with E-state index in [1.165, 1.54) is 7.11 Å². The van der Waals surface area contributed by atoms with Crippen LogP contribution in [0.2, 0.25) is 0 Å². The monoisotopic (exact) mass is 284 g/mol. The van der Waals surface area contributed by atoms with Crippen molar-refractivity contribution in [2.45, 2.75) is 31.9 Å². The lowest BCUT2D eigenvalue weighted by atomic mass is 10.3. The first-order chi connectivity index (χ1) is 7.82. The lowest BCUT2D eigenvalue weighted by Crippen LogP contribution is -2.20. The van der Waals surface area contributed by atoms with Gasteiger partial charge in [-0.2, -0.15) is 0 Å². The van der Waals surface area contributed by atoms with Crippen molar-refractivity contribution in [3.8, 4) is 0 Å². The molecule has 0 fully saturated rings. The van der Waals surface area contributed by atoms with Gasteiger partial charge in [0.2, 0.25) is 0 Å². The van der Waals surface area contributed by atoms with Gasteiger partial charge in [-0.05, 0) is 6.42 Å². The summed E-state index contributed by atoms with van der Waals surface area (Å²) in [5.74, 6) is 0.0709. The van der Waals surface area contributed by atoms with Crippen molar-refractivity contribution in [2.24, 2.45) is 0 Å². The molecule has 0 amide bonds. The molecule has 0 aromatic carbocycles. The lowest BCUT2D eigenvalue weighted by molar-refractivity contribution is -0.140. The first-order valence-electron chi connectivity index (χ1n) is 5.46. The van der Waals surface area contributed by atoms with Crippen molar-refractivity contribution in [3.05, 3.63) is 0 Å². The van der Waals surface area contributed by atoms with Gasteiger partial charge in [0.1, 0.15) is 9.84 Å². The number of esters is 1. The second-order valence-corrected chi connectivity index (χ2v) is 8.21. The maximum absolute atomic E-state index is 11.7. The normalized spacial score (nSPS) is 15.2. The molecule has 0 heterocycles. The van der Waals surface area contributed by atoms with Gasteiger partial charge in [-0.25, -0.2) is 8.42 Å². The van der Waals surface area contributed by atoms with Crippen LogP contribution in [0.25, 0.3) is 0 Å². The third-order valence-electron chi connectivity index (χ3n) is 2.37. The fraction of sp³-hybridized carbons (Fsp3) is 0.900. The molecule has 2 atom stereocenters. The zero-order valence-corrected chi connectivity index (χ0v) is 12.1. The molecular formula is C10H20O5S2. The minimum Gasteiger partial charge on any atom is -0.469 e. The van der Waals surface area contributed by atoms with Crippen LogP contribution in [0.5, 0.6) is 0 Å². The van der Waals surface area contributed by atoms with E-state index in [-0.39, 0.29) is 23.2 Å². The lowest BCUT2D eigenvalue weighted by Gasteiger charge is -2.09. The first kappa shape index (κ1) is 16.6. The SMILES string of the molecule is CCS(=O)(=O)CCCS(=O)C(C)CC(=O)OC. The molecule has 0 rings (SSSR count). The van der Waals surface area contributed by atoms with Crippen LogP contribution in [0, 0.1) is 0 Å². The molecule has 0 aliphatic heterocycles. The number of methoxy groups -OCH3 is 1. The Morgan fingerprint density at radius 1 is 1.41 bits per heavy atom. The van der Waals surface area contributed by atoms with Crippen LogP contribution in [-0.4, -0.2) is 48.2 Å². The van der Waals surface area contributed by atoms with Gasteiger partial charge < -0.3 is 4.74 Å². The van der Waals surface area contributed by atoms with Crippen molar-refractivity contribution >= 4 is 26.6 Å². The van der Waals surface area contributed by atoms with Gasteiger partial charge in [0.05, 0.1) is 19.3 Å². The Labute approximate surface area is 105 Å². The van der Waals surface area contributed by atoms with Gasteiger partial charge in [-0.1, -0.05) is 13.8 Å². The van der Waals surface area contributed by atoms with Gasteiger partial charge in [0.15, 0.2) is 0 Å². The molecule has 0 saturated heterocycles. The number of carbonyl (C=O) groups excluding carboxylic acids is 1. The largest absolute Gasteiger partial charge is 0.469 e. The zero-order valence-electron chi connectivity index (χ0n) is 10.5. The molecule has 0 aromatic rings. The predicted octanol–water partition coefficient (Wildman–Crippen LogP) is 0.512. The second kappa shape index (κ2) is 7.81. The van der Waals surface area contributed by atoms with Gasteiger partial charge in [0.25, 0.3) is 0 Å². The maximum atomic E-state index is 11.7. The van der Waals surface area contributed by atoms with Crippen molar-refractivity contribution < 1.29 is 22.2 Å². The molecule has 7 heteroatoms. The predicted molar refractivity (Wildman–Crippen MR) is 68.0 cm³/mol.